The van der Waals surface area contributed by atoms with Crippen LogP contribution in [0, 0.1) is 0 Å². The second-order valence-corrected chi connectivity index (χ2v) is 5.42. The zero-order valence-corrected chi connectivity index (χ0v) is 14.0. The molecule has 0 atom stereocenters. The molecule has 1 heterocycles. The largest absolute Gasteiger partial charge is 0.492 e. The Morgan fingerprint density at radius 3 is 2.50 bits per heavy atom. The summed E-state index contributed by atoms with van der Waals surface area (Å²) in [6.45, 7) is 0.173. The van der Waals surface area contributed by atoms with Crippen LogP contribution in [0.4, 0.5) is 0 Å². The smallest absolute Gasteiger partial charge is 0.340 e. The van der Waals surface area contributed by atoms with E-state index >= 15 is 0 Å². The molecular formula is C16H14Cl2N2O4. The molecule has 8 heteroatoms. The van der Waals surface area contributed by atoms with Crippen molar-refractivity contribution < 1.29 is 19.1 Å². The van der Waals surface area contributed by atoms with Crippen molar-refractivity contribution in [2.45, 2.75) is 0 Å². The first kappa shape index (κ1) is 18.0. The lowest BCUT2D eigenvalue weighted by atomic mass is 10.3. The molecule has 0 spiro atoms. The third kappa shape index (κ3) is 6.06. The van der Waals surface area contributed by atoms with Crippen LogP contribution >= 0.6 is 23.2 Å². The van der Waals surface area contributed by atoms with Gasteiger partial charge < -0.3 is 14.8 Å². The monoisotopic (exact) mass is 368 g/mol. The third-order valence-electron chi connectivity index (χ3n) is 2.80. The molecule has 1 amide bonds. The zero-order chi connectivity index (χ0) is 17.4. The number of nitrogens with one attached hydrogen (secondary N) is 1. The Bertz CT molecular complexity index is 690. The van der Waals surface area contributed by atoms with Crippen LogP contribution in [-0.4, -0.2) is 36.6 Å². The van der Waals surface area contributed by atoms with E-state index in [4.69, 9.17) is 32.7 Å². The fraction of sp³-hybridized carbons (Fsp3) is 0.188. The second kappa shape index (κ2) is 9.10. The number of carbonyl (C=O) groups excluding carboxylic acids is 2. The molecule has 126 valence electrons. The van der Waals surface area contributed by atoms with Crippen molar-refractivity contribution in [2.75, 3.05) is 19.8 Å². The Morgan fingerprint density at radius 2 is 1.83 bits per heavy atom. The van der Waals surface area contributed by atoms with Gasteiger partial charge in [-0.2, -0.15) is 0 Å². The lowest BCUT2D eigenvalue weighted by Gasteiger charge is -2.08. The number of esters is 1. The summed E-state index contributed by atoms with van der Waals surface area (Å²) in [5.41, 5.74) is 0.221. The van der Waals surface area contributed by atoms with Crippen molar-refractivity contribution in [2.24, 2.45) is 0 Å². The van der Waals surface area contributed by atoms with Crippen LogP contribution in [0.2, 0.25) is 10.2 Å². The predicted octanol–water partition coefficient (Wildman–Crippen LogP) is 2.74. The molecule has 1 N–H and O–H groups in total. The van der Waals surface area contributed by atoms with E-state index in [9.17, 15) is 9.59 Å². The van der Waals surface area contributed by atoms with Crippen molar-refractivity contribution >= 4 is 35.1 Å². The van der Waals surface area contributed by atoms with E-state index in [-0.39, 0.29) is 30.5 Å². The van der Waals surface area contributed by atoms with Gasteiger partial charge in [0.1, 0.15) is 17.5 Å². The SMILES string of the molecule is O=C(COC(=O)c1ccc(Cl)nc1)NCCOc1ccc(Cl)cc1. The van der Waals surface area contributed by atoms with Crippen LogP contribution in [0.3, 0.4) is 0 Å². The van der Waals surface area contributed by atoms with Crippen LogP contribution < -0.4 is 10.1 Å². The van der Waals surface area contributed by atoms with Gasteiger partial charge in [-0.1, -0.05) is 23.2 Å². The summed E-state index contributed by atoms with van der Waals surface area (Å²) in [4.78, 5) is 27.0. The number of hydrogen-bond acceptors (Lipinski definition) is 5. The van der Waals surface area contributed by atoms with Gasteiger partial charge in [0.25, 0.3) is 5.91 Å². The van der Waals surface area contributed by atoms with E-state index in [0.29, 0.717) is 10.8 Å². The number of nitrogens with zero attached hydrogens (tertiary/aromatic N) is 1. The summed E-state index contributed by atoms with van der Waals surface area (Å²) in [6.07, 6.45) is 1.28. The summed E-state index contributed by atoms with van der Waals surface area (Å²) < 4.78 is 10.3. The number of benzene rings is 1. The molecular weight excluding hydrogens is 355 g/mol. The van der Waals surface area contributed by atoms with E-state index in [2.05, 4.69) is 10.3 Å². The van der Waals surface area contributed by atoms with E-state index in [1.807, 2.05) is 0 Å². The highest BCUT2D eigenvalue weighted by molar-refractivity contribution is 6.30. The average Bonchev–Trinajstić information content (AvgIpc) is 2.59. The molecule has 1 aromatic carbocycles. The van der Waals surface area contributed by atoms with Gasteiger partial charge in [-0.3, -0.25) is 4.79 Å². The number of halogens is 2. The third-order valence-corrected chi connectivity index (χ3v) is 3.28. The number of rotatable bonds is 7. The second-order valence-electron chi connectivity index (χ2n) is 4.60. The van der Waals surface area contributed by atoms with E-state index in [1.54, 1.807) is 24.3 Å². The van der Waals surface area contributed by atoms with Gasteiger partial charge in [-0.05, 0) is 36.4 Å². The fourth-order valence-corrected chi connectivity index (χ4v) is 1.89. The Labute approximate surface area is 148 Å². The van der Waals surface area contributed by atoms with Crippen molar-refractivity contribution in [3.63, 3.8) is 0 Å². The molecule has 0 radical (unpaired) electrons. The molecule has 2 aromatic rings. The lowest BCUT2D eigenvalue weighted by Crippen LogP contribution is -2.32. The molecule has 24 heavy (non-hydrogen) atoms. The Kier molecular flexibility index (Phi) is 6.84. The highest BCUT2D eigenvalue weighted by atomic mass is 35.5. The standard InChI is InChI=1S/C16H14Cl2N2O4/c17-12-2-4-13(5-3-12)23-8-7-19-15(21)10-24-16(22)11-1-6-14(18)20-9-11/h1-6,9H,7-8,10H2,(H,19,21). The van der Waals surface area contributed by atoms with Crippen molar-refractivity contribution in [1.82, 2.24) is 10.3 Å². The molecule has 2 rings (SSSR count). The first-order chi connectivity index (χ1) is 11.5. The normalized spacial score (nSPS) is 10.1. The Hall–Kier alpha value is -2.31. The van der Waals surface area contributed by atoms with Crippen molar-refractivity contribution in [1.29, 1.82) is 0 Å². The molecule has 0 unspecified atom stereocenters. The summed E-state index contributed by atoms with van der Waals surface area (Å²) in [6, 6.07) is 9.81. The molecule has 0 aliphatic heterocycles. The number of carbonyl (C=O) groups is 2. The molecule has 6 nitrogen and oxygen atoms in total. The highest BCUT2D eigenvalue weighted by Crippen LogP contribution is 2.15. The minimum Gasteiger partial charge on any atom is -0.492 e. The van der Waals surface area contributed by atoms with Gasteiger partial charge in [0.05, 0.1) is 12.1 Å². The summed E-state index contributed by atoms with van der Waals surface area (Å²) >= 11 is 11.4. The van der Waals surface area contributed by atoms with Gasteiger partial charge in [-0.25, -0.2) is 9.78 Å². The van der Waals surface area contributed by atoms with Gasteiger partial charge in [0.2, 0.25) is 0 Å². The topological polar surface area (TPSA) is 77.5 Å². The number of hydrogen-bond donors (Lipinski definition) is 1. The lowest BCUT2D eigenvalue weighted by molar-refractivity contribution is -0.124. The quantitative estimate of drug-likeness (QED) is 0.461. The predicted molar refractivity (Wildman–Crippen MR) is 89.5 cm³/mol. The first-order valence-corrected chi connectivity index (χ1v) is 7.74. The van der Waals surface area contributed by atoms with E-state index in [0.717, 1.165) is 0 Å². The van der Waals surface area contributed by atoms with Crippen LogP contribution in [0.25, 0.3) is 0 Å². The molecule has 0 aliphatic carbocycles. The summed E-state index contributed by atoms with van der Waals surface area (Å²) in [5, 5.41) is 3.46. The van der Waals surface area contributed by atoms with Crippen molar-refractivity contribution in [3.8, 4) is 5.75 Å². The van der Waals surface area contributed by atoms with Crippen molar-refractivity contribution in [3.05, 3.63) is 58.3 Å². The van der Waals surface area contributed by atoms with Crippen LogP contribution in [-0.2, 0) is 9.53 Å². The van der Waals surface area contributed by atoms with E-state index in [1.165, 1.54) is 18.3 Å². The summed E-state index contributed by atoms with van der Waals surface area (Å²) in [5.74, 6) is -0.424. The number of pyridine rings is 1. The zero-order valence-electron chi connectivity index (χ0n) is 12.5. The maximum atomic E-state index is 11.7. The minimum atomic E-state index is -0.647. The highest BCUT2D eigenvalue weighted by Gasteiger charge is 2.10. The maximum absolute atomic E-state index is 11.7. The fourth-order valence-electron chi connectivity index (χ4n) is 1.65. The number of aromatic nitrogens is 1. The molecule has 1 aromatic heterocycles. The van der Waals surface area contributed by atoms with Crippen LogP contribution in [0.1, 0.15) is 10.4 Å². The number of amides is 1. The number of ether oxygens (including phenoxy) is 2. The van der Waals surface area contributed by atoms with Crippen LogP contribution in [0.5, 0.6) is 5.75 Å². The average molecular weight is 369 g/mol. The first-order valence-electron chi connectivity index (χ1n) is 6.98. The molecule has 0 saturated carbocycles. The Balaban J connectivity index is 1.63. The van der Waals surface area contributed by atoms with Gasteiger partial charge in [0.15, 0.2) is 6.61 Å². The Morgan fingerprint density at radius 1 is 1.08 bits per heavy atom. The molecule has 0 saturated heterocycles. The molecule has 0 aliphatic rings. The molecule has 0 fully saturated rings. The maximum Gasteiger partial charge on any atom is 0.340 e. The van der Waals surface area contributed by atoms with Gasteiger partial charge in [0, 0.05) is 11.2 Å². The van der Waals surface area contributed by atoms with Gasteiger partial charge >= 0.3 is 5.97 Å². The molecule has 0 bridgehead atoms. The minimum absolute atomic E-state index is 0.221. The van der Waals surface area contributed by atoms with Gasteiger partial charge in [-0.15, -0.1) is 0 Å². The van der Waals surface area contributed by atoms with Crippen LogP contribution in [0.15, 0.2) is 42.6 Å². The van der Waals surface area contributed by atoms with E-state index < -0.39 is 11.9 Å². The summed E-state index contributed by atoms with van der Waals surface area (Å²) in [7, 11) is 0.